The predicted octanol–water partition coefficient (Wildman–Crippen LogP) is 6.21. The lowest BCUT2D eigenvalue weighted by molar-refractivity contribution is -0.158. The molecule has 2 N–H and O–H groups in total. The van der Waals surface area contributed by atoms with Gasteiger partial charge in [0.05, 0.1) is 38.2 Å². The van der Waals surface area contributed by atoms with E-state index < -0.39 is 18.1 Å². The van der Waals surface area contributed by atoms with Gasteiger partial charge in [-0.15, -0.1) is 0 Å². The molecular formula is C37H66N2O8. The minimum atomic E-state index is -0.734. The molecule has 0 aromatic heterocycles. The van der Waals surface area contributed by atoms with Crippen molar-refractivity contribution < 1.29 is 38.1 Å². The van der Waals surface area contributed by atoms with Crippen LogP contribution in [0.25, 0.3) is 0 Å². The fourth-order valence-corrected chi connectivity index (χ4v) is 6.59. The van der Waals surface area contributed by atoms with Gasteiger partial charge < -0.3 is 29.1 Å². The number of hydrogen-bond donors (Lipinski definition) is 2. The summed E-state index contributed by atoms with van der Waals surface area (Å²) in [5.74, 6) is -0.638. The molecule has 272 valence electrons. The molecule has 10 nitrogen and oxygen atoms in total. The molecule has 3 aliphatic carbocycles. The van der Waals surface area contributed by atoms with E-state index in [9.17, 15) is 19.2 Å². The second-order valence-corrected chi connectivity index (χ2v) is 15.9. The van der Waals surface area contributed by atoms with E-state index in [0.717, 1.165) is 57.7 Å². The molecule has 0 aromatic rings. The van der Waals surface area contributed by atoms with Crippen molar-refractivity contribution in [3.63, 3.8) is 0 Å². The highest BCUT2D eigenvalue weighted by Crippen LogP contribution is 2.29. The zero-order valence-electron chi connectivity index (χ0n) is 30.5. The number of methoxy groups -OCH3 is 1. The number of rotatable bonds is 14. The van der Waals surface area contributed by atoms with Crippen molar-refractivity contribution in [1.29, 1.82) is 0 Å². The van der Waals surface area contributed by atoms with Gasteiger partial charge >= 0.3 is 17.9 Å². The van der Waals surface area contributed by atoms with Crippen molar-refractivity contribution in [3.8, 4) is 0 Å². The van der Waals surface area contributed by atoms with Gasteiger partial charge in [0.25, 0.3) is 0 Å². The molecule has 0 radical (unpaired) electrons. The Hall–Kier alpha value is -2.04. The summed E-state index contributed by atoms with van der Waals surface area (Å²) in [6, 6.07) is -1.29. The van der Waals surface area contributed by atoms with Crippen LogP contribution in [0, 0.1) is 11.8 Å². The summed E-state index contributed by atoms with van der Waals surface area (Å²) in [5.41, 5.74) is -0.619. The van der Waals surface area contributed by atoms with Crippen LogP contribution in [0.4, 0.5) is 0 Å². The van der Waals surface area contributed by atoms with Gasteiger partial charge in [0, 0.05) is 18.2 Å². The second-order valence-electron chi connectivity index (χ2n) is 15.9. The lowest BCUT2D eigenvalue weighted by atomic mass is 9.83. The molecular weight excluding hydrogens is 600 g/mol. The highest BCUT2D eigenvalue weighted by molar-refractivity contribution is 5.83. The molecule has 0 amide bonds. The van der Waals surface area contributed by atoms with Gasteiger partial charge in [-0.25, -0.2) is 0 Å². The predicted molar refractivity (Wildman–Crippen MR) is 183 cm³/mol. The number of aldehydes is 1. The third kappa shape index (κ3) is 18.9. The van der Waals surface area contributed by atoms with Crippen LogP contribution in [0.2, 0.25) is 0 Å². The maximum atomic E-state index is 12.9. The third-order valence-electron chi connectivity index (χ3n) is 9.08. The highest BCUT2D eigenvalue weighted by Gasteiger charge is 2.31. The van der Waals surface area contributed by atoms with Gasteiger partial charge in [-0.05, 0) is 118 Å². The van der Waals surface area contributed by atoms with Crippen LogP contribution in [-0.4, -0.2) is 79.9 Å². The molecule has 0 aliphatic heterocycles. The first kappa shape index (κ1) is 41.1. The van der Waals surface area contributed by atoms with Crippen molar-refractivity contribution >= 4 is 24.2 Å². The summed E-state index contributed by atoms with van der Waals surface area (Å²) in [5, 5.41) is 6.34. The van der Waals surface area contributed by atoms with Crippen LogP contribution < -0.4 is 10.6 Å². The summed E-state index contributed by atoms with van der Waals surface area (Å²) in [6.45, 7) is 12.4. The Bertz CT molecular complexity index is 924. The highest BCUT2D eigenvalue weighted by atomic mass is 16.6. The number of carbonyl (C=O) groups excluding carboxylic acids is 4. The van der Waals surface area contributed by atoms with Crippen LogP contribution in [0.1, 0.15) is 144 Å². The number of hydrogen-bond acceptors (Lipinski definition) is 10. The fourth-order valence-electron chi connectivity index (χ4n) is 6.59. The number of carbonyl (C=O) groups is 4. The molecule has 0 aromatic carbocycles. The van der Waals surface area contributed by atoms with Gasteiger partial charge in [-0.3, -0.25) is 19.7 Å². The summed E-state index contributed by atoms with van der Waals surface area (Å²) in [6.07, 6.45) is 16.6. The van der Waals surface area contributed by atoms with E-state index in [4.69, 9.17) is 18.9 Å². The van der Waals surface area contributed by atoms with Gasteiger partial charge in [0.2, 0.25) is 0 Å². The average molecular weight is 667 g/mol. The van der Waals surface area contributed by atoms with Crippen LogP contribution in [-0.2, 0) is 38.1 Å². The molecule has 3 rings (SSSR count). The van der Waals surface area contributed by atoms with E-state index in [1.807, 2.05) is 48.7 Å². The number of ether oxygens (including phenoxy) is 4. The van der Waals surface area contributed by atoms with E-state index >= 15 is 0 Å². The van der Waals surface area contributed by atoms with Gasteiger partial charge in [-0.1, -0.05) is 25.7 Å². The molecule has 0 saturated heterocycles. The smallest absolute Gasteiger partial charge is 0.324 e. The van der Waals surface area contributed by atoms with Gasteiger partial charge in [0.1, 0.15) is 18.4 Å². The average Bonchev–Trinajstić information content (AvgIpc) is 3.02. The molecule has 0 spiro atoms. The maximum Gasteiger partial charge on any atom is 0.324 e. The van der Waals surface area contributed by atoms with Crippen LogP contribution in [0.15, 0.2) is 0 Å². The van der Waals surface area contributed by atoms with Crippen LogP contribution in [0.3, 0.4) is 0 Å². The molecule has 0 heterocycles. The van der Waals surface area contributed by atoms with E-state index in [0.29, 0.717) is 19.3 Å². The lowest BCUT2D eigenvalue weighted by Crippen LogP contribution is -2.50. The number of esters is 3. The Morgan fingerprint density at radius 2 is 1.11 bits per heavy atom. The maximum absolute atomic E-state index is 12.9. The van der Waals surface area contributed by atoms with Gasteiger partial charge in [0.15, 0.2) is 0 Å². The van der Waals surface area contributed by atoms with Crippen molar-refractivity contribution in [2.75, 3.05) is 20.3 Å². The molecule has 2 unspecified atom stereocenters. The first-order chi connectivity index (χ1) is 22.2. The third-order valence-corrected chi connectivity index (χ3v) is 9.08. The standard InChI is InChI=1S/C30H52N2O7.C7H14O/c1-29(2,3)31-23(18-33)16-26(34)37-19-21-12-14-22(15-13-21)20-38-27(35)17-25(32-30(4,5)6)28(36)39-24-10-8-7-9-11-24;1-8-7-5-3-2-4-6-7/h18,21-25,31-32H,7-17,19-20H2,1-6H3;7H,2-6H2,1H3. The summed E-state index contributed by atoms with van der Waals surface area (Å²) >= 11 is 0. The van der Waals surface area contributed by atoms with Crippen molar-refractivity contribution in [1.82, 2.24) is 10.6 Å². The Kier molecular flexibility index (Phi) is 18.5. The molecule has 2 atom stereocenters. The summed E-state index contributed by atoms with van der Waals surface area (Å²) < 4.78 is 22.0. The molecule has 3 fully saturated rings. The SMILES string of the molecule is CC(C)(C)NC(C=O)CC(=O)OCC1CCC(COC(=O)CC(NC(C)(C)C)C(=O)OC2CCCCC2)CC1.COC1CCCCC1. The van der Waals surface area contributed by atoms with Crippen LogP contribution in [0.5, 0.6) is 0 Å². The zero-order valence-corrected chi connectivity index (χ0v) is 30.5. The van der Waals surface area contributed by atoms with E-state index in [1.165, 1.54) is 38.5 Å². The fraction of sp³-hybridized carbons (Fsp3) is 0.892. The second kappa shape index (κ2) is 21.1. The molecule has 47 heavy (non-hydrogen) atoms. The Balaban J connectivity index is 0.000000833. The normalized spacial score (nSPS) is 22.6. The first-order valence-electron chi connectivity index (χ1n) is 18.2. The molecule has 0 bridgehead atoms. The van der Waals surface area contributed by atoms with E-state index in [1.54, 1.807) is 0 Å². The largest absolute Gasteiger partial charge is 0.465 e. The topological polar surface area (TPSA) is 129 Å². The minimum absolute atomic E-state index is 0.0192. The van der Waals surface area contributed by atoms with Crippen molar-refractivity contribution in [2.24, 2.45) is 11.8 Å². The monoisotopic (exact) mass is 666 g/mol. The number of nitrogens with one attached hydrogen (secondary N) is 2. The molecule has 3 aliphatic rings. The summed E-state index contributed by atoms with van der Waals surface area (Å²) in [7, 11) is 1.82. The Labute approximate surface area is 284 Å². The first-order valence-corrected chi connectivity index (χ1v) is 18.2. The van der Waals surface area contributed by atoms with E-state index in [2.05, 4.69) is 10.6 Å². The Morgan fingerprint density at radius 1 is 0.660 bits per heavy atom. The van der Waals surface area contributed by atoms with Gasteiger partial charge in [-0.2, -0.15) is 0 Å². The molecule has 3 saturated carbocycles. The van der Waals surface area contributed by atoms with Crippen LogP contribution >= 0.6 is 0 Å². The van der Waals surface area contributed by atoms with Crippen molar-refractivity contribution in [2.45, 2.75) is 180 Å². The van der Waals surface area contributed by atoms with E-state index in [-0.39, 0.29) is 53.8 Å². The lowest BCUT2D eigenvalue weighted by Gasteiger charge is -2.30. The minimum Gasteiger partial charge on any atom is -0.465 e. The molecule has 10 heteroatoms. The zero-order chi connectivity index (χ0) is 34.9. The summed E-state index contributed by atoms with van der Waals surface area (Å²) in [4.78, 5) is 49.0. The quantitative estimate of drug-likeness (QED) is 0.125. The van der Waals surface area contributed by atoms with Crippen molar-refractivity contribution in [3.05, 3.63) is 0 Å². The Morgan fingerprint density at radius 3 is 1.51 bits per heavy atom.